The number of ether oxygens (including phenoxy) is 1. The van der Waals surface area contributed by atoms with Crippen molar-refractivity contribution < 1.29 is 14.3 Å². The van der Waals surface area contributed by atoms with Crippen LogP contribution < -0.4 is 10.5 Å². The smallest absolute Gasteiger partial charge is 0.323 e. The summed E-state index contributed by atoms with van der Waals surface area (Å²) in [6.07, 6.45) is 0.348. The molecule has 1 aromatic carbocycles. The maximum atomic E-state index is 11.5. The minimum Gasteiger partial charge on any atom is -0.426 e. The van der Waals surface area contributed by atoms with Crippen molar-refractivity contribution in [2.75, 3.05) is 0 Å². The fourth-order valence-electron chi connectivity index (χ4n) is 1.16. The first-order chi connectivity index (χ1) is 7.15. The number of esters is 1. The summed E-state index contributed by atoms with van der Waals surface area (Å²) < 4.78 is 4.99. The molecule has 0 aliphatic carbocycles. The number of nitrogens with two attached hydrogens (primary N) is 1. The van der Waals surface area contributed by atoms with Crippen molar-refractivity contribution in [3.05, 3.63) is 30.3 Å². The Morgan fingerprint density at radius 3 is 2.40 bits per heavy atom. The zero-order valence-corrected chi connectivity index (χ0v) is 8.47. The molecular weight excluding hydrogens is 194 g/mol. The first-order valence-corrected chi connectivity index (χ1v) is 4.71. The molecule has 0 saturated heterocycles. The van der Waals surface area contributed by atoms with E-state index in [1.165, 1.54) is 0 Å². The van der Waals surface area contributed by atoms with Crippen LogP contribution in [0.15, 0.2) is 30.3 Å². The van der Waals surface area contributed by atoms with Crippen LogP contribution in [0.1, 0.15) is 13.3 Å². The molecule has 0 heterocycles. The second-order valence-corrected chi connectivity index (χ2v) is 3.10. The van der Waals surface area contributed by atoms with E-state index in [0.29, 0.717) is 12.2 Å². The average Bonchev–Trinajstić information content (AvgIpc) is 2.19. The molecule has 0 fully saturated rings. The third-order valence-corrected chi connectivity index (χ3v) is 2.00. The van der Waals surface area contributed by atoms with E-state index in [-0.39, 0.29) is 0 Å². The summed E-state index contributed by atoms with van der Waals surface area (Å²) in [5.41, 5.74) is 5.06. The third kappa shape index (κ3) is 3.09. The number of hydrogen-bond acceptors (Lipinski definition) is 3. The molecule has 0 radical (unpaired) electrons. The summed E-state index contributed by atoms with van der Waals surface area (Å²) >= 11 is 0. The van der Waals surface area contributed by atoms with E-state index < -0.39 is 17.8 Å². The van der Waals surface area contributed by atoms with Crippen molar-refractivity contribution >= 4 is 11.9 Å². The highest BCUT2D eigenvalue weighted by Crippen LogP contribution is 2.12. The van der Waals surface area contributed by atoms with Gasteiger partial charge in [-0.15, -0.1) is 0 Å². The number of hydrogen-bond donors (Lipinski definition) is 1. The van der Waals surface area contributed by atoms with Crippen LogP contribution in [-0.4, -0.2) is 11.9 Å². The molecule has 80 valence electrons. The SMILES string of the molecule is CCC(C(N)=O)C(=O)Oc1ccccc1. The van der Waals surface area contributed by atoms with Crippen LogP contribution in [0.25, 0.3) is 0 Å². The summed E-state index contributed by atoms with van der Waals surface area (Å²) in [4.78, 5) is 22.3. The summed E-state index contributed by atoms with van der Waals surface area (Å²) in [7, 11) is 0. The van der Waals surface area contributed by atoms with Gasteiger partial charge in [0.05, 0.1) is 0 Å². The highest BCUT2D eigenvalue weighted by molar-refractivity contribution is 5.97. The molecule has 0 aromatic heterocycles. The van der Waals surface area contributed by atoms with E-state index in [9.17, 15) is 9.59 Å². The molecule has 4 heteroatoms. The van der Waals surface area contributed by atoms with Crippen LogP contribution in [0, 0.1) is 5.92 Å². The molecule has 4 nitrogen and oxygen atoms in total. The zero-order valence-electron chi connectivity index (χ0n) is 8.47. The lowest BCUT2D eigenvalue weighted by molar-refractivity contribution is -0.143. The van der Waals surface area contributed by atoms with E-state index in [4.69, 9.17) is 10.5 Å². The molecule has 1 atom stereocenters. The van der Waals surface area contributed by atoms with Crippen LogP contribution in [0.2, 0.25) is 0 Å². The Balaban J connectivity index is 2.66. The minimum absolute atomic E-state index is 0.348. The van der Waals surface area contributed by atoms with Crippen molar-refractivity contribution in [2.45, 2.75) is 13.3 Å². The third-order valence-electron chi connectivity index (χ3n) is 2.00. The van der Waals surface area contributed by atoms with Gasteiger partial charge in [-0.1, -0.05) is 25.1 Å². The summed E-state index contributed by atoms with van der Waals surface area (Å²) in [6, 6.07) is 8.58. The number of para-hydroxylation sites is 1. The minimum atomic E-state index is -0.870. The number of carbonyl (C=O) groups excluding carboxylic acids is 2. The molecule has 2 N–H and O–H groups in total. The molecule has 1 rings (SSSR count). The van der Waals surface area contributed by atoms with Gasteiger partial charge < -0.3 is 10.5 Å². The van der Waals surface area contributed by atoms with Gasteiger partial charge in [0.25, 0.3) is 0 Å². The van der Waals surface area contributed by atoms with Crippen LogP contribution in [0.3, 0.4) is 0 Å². The zero-order chi connectivity index (χ0) is 11.3. The number of primary amides is 1. The first-order valence-electron chi connectivity index (χ1n) is 4.71. The molecule has 0 aliphatic rings. The maximum Gasteiger partial charge on any atom is 0.323 e. The highest BCUT2D eigenvalue weighted by Gasteiger charge is 2.24. The van der Waals surface area contributed by atoms with Gasteiger partial charge in [-0.25, -0.2) is 0 Å². The van der Waals surface area contributed by atoms with Gasteiger partial charge in [-0.05, 0) is 18.6 Å². The fourth-order valence-corrected chi connectivity index (χ4v) is 1.16. The van der Waals surface area contributed by atoms with Crippen molar-refractivity contribution in [1.29, 1.82) is 0 Å². The topological polar surface area (TPSA) is 69.4 Å². The monoisotopic (exact) mass is 207 g/mol. The lowest BCUT2D eigenvalue weighted by Crippen LogP contribution is -2.32. The van der Waals surface area contributed by atoms with E-state index in [1.54, 1.807) is 31.2 Å². The molecule has 15 heavy (non-hydrogen) atoms. The molecule has 0 saturated carbocycles. The van der Waals surface area contributed by atoms with E-state index in [2.05, 4.69) is 0 Å². The van der Waals surface area contributed by atoms with Gasteiger partial charge >= 0.3 is 5.97 Å². The van der Waals surface area contributed by atoms with E-state index in [0.717, 1.165) is 0 Å². The molecule has 1 amide bonds. The predicted molar refractivity (Wildman–Crippen MR) is 55.1 cm³/mol. The predicted octanol–water partition coefficient (Wildman–Crippen LogP) is 1.10. The summed E-state index contributed by atoms with van der Waals surface area (Å²) in [5, 5.41) is 0. The standard InChI is InChI=1S/C11H13NO3/c1-2-9(10(12)13)11(14)15-8-6-4-3-5-7-8/h3-7,9H,2H2,1H3,(H2,12,13). The van der Waals surface area contributed by atoms with Crippen molar-refractivity contribution in [3.63, 3.8) is 0 Å². The second-order valence-electron chi connectivity index (χ2n) is 3.10. The van der Waals surface area contributed by atoms with Gasteiger partial charge in [-0.2, -0.15) is 0 Å². The van der Waals surface area contributed by atoms with Crippen LogP contribution in [0.4, 0.5) is 0 Å². The van der Waals surface area contributed by atoms with Gasteiger partial charge in [0, 0.05) is 0 Å². The van der Waals surface area contributed by atoms with E-state index in [1.807, 2.05) is 6.07 Å². The van der Waals surface area contributed by atoms with Crippen LogP contribution in [-0.2, 0) is 9.59 Å². The Morgan fingerprint density at radius 1 is 1.33 bits per heavy atom. The first kappa shape index (κ1) is 11.2. The number of carbonyl (C=O) groups is 2. The van der Waals surface area contributed by atoms with Crippen molar-refractivity contribution in [3.8, 4) is 5.75 Å². The quantitative estimate of drug-likeness (QED) is 0.456. The molecule has 0 bridgehead atoms. The Morgan fingerprint density at radius 2 is 1.93 bits per heavy atom. The Labute approximate surface area is 88.0 Å². The van der Waals surface area contributed by atoms with Crippen LogP contribution >= 0.6 is 0 Å². The number of benzene rings is 1. The van der Waals surface area contributed by atoms with Crippen LogP contribution in [0.5, 0.6) is 5.75 Å². The highest BCUT2D eigenvalue weighted by atomic mass is 16.5. The van der Waals surface area contributed by atoms with Gasteiger partial charge in [0.15, 0.2) is 0 Å². The largest absolute Gasteiger partial charge is 0.426 e. The Hall–Kier alpha value is -1.84. The number of rotatable bonds is 4. The maximum absolute atomic E-state index is 11.5. The molecule has 0 spiro atoms. The second kappa shape index (κ2) is 5.14. The van der Waals surface area contributed by atoms with Crippen molar-refractivity contribution in [2.24, 2.45) is 11.7 Å². The lowest BCUT2D eigenvalue weighted by Gasteiger charge is -2.09. The Kier molecular flexibility index (Phi) is 3.85. The summed E-state index contributed by atoms with van der Waals surface area (Å²) in [6.45, 7) is 1.71. The van der Waals surface area contributed by atoms with Gasteiger partial charge in [-0.3, -0.25) is 9.59 Å². The molecule has 1 aromatic rings. The molecular formula is C11H13NO3. The molecule has 0 aliphatic heterocycles. The number of amides is 1. The van der Waals surface area contributed by atoms with E-state index >= 15 is 0 Å². The molecule has 1 unspecified atom stereocenters. The fraction of sp³-hybridized carbons (Fsp3) is 0.273. The van der Waals surface area contributed by atoms with Gasteiger partial charge in [0.1, 0.15) is 11.7 Å². The lowest BCUT2D eigenvalue weighted by atomic mass is 10.1. The average molecular weight is 207 g/mol. The Bertz CT molecular complexity index is 348. The normalized spacial score (nSPS) is 11.8. The van der Waals surface area contributed by atoms with Gasteiger partial charge in [0.2, 0.25) is 5.91 Å². The summed E-state index contributed by atoms with van der Waals surface area (Å²) in [5.74, 6) is -1.71. The van der Waals surface area contributed by atoms with Crippen molar-refractivity contribution in [1.82, 2.24) is 0 Å².